The summed E-state index contributed by atoms with van der Waals surface area (Å²) in [4.78, 5) is 12.3. The van der Waals surface area contributed by atoms with E-state index in [-0.39, 0.29) is 5.97 Å². The Labute approximate surface area is 147 Å². The maximum Gasteiger partial charge on any atom is 0.343 e. The highest BCUT2D eigenvalue weighted by atomic mass is 16.5. The van der Waals surface area contributed by atoms with Gasteiger partial charge in [-0.1, -0.05) is 29.8 Å². The first-order valence-electron chi connectivity index (χ1n) is 7.97. The van der Waals surface area contributed by atoms with E-state index in [4.69, 9.17) is 14.2 Å². The van der Waals surface area contributed by atoms with Crippen LogP contribution in [0.3, 0.4) is 0 Å². The fourth-order valence-corrected chi connectivity index (χ4v) is 2.82. The van der Waals surface area contributed by atoms with Crippen molar-refractivity contribution in [3.05, 3.63) is 70.3 Å². The normalized spacial score (nSPS) is 15.1. The molecule has 1 aliphatic heterocycles. The zero-order chi connectivity index (χ0) is 18.0. The minimum atomic E-state index is -0.374. The molecule has 0 unspecified atom stereocenters. The molecular formula is C21H20O4. The van der Waals surface area contributed by atoms with Crippen molar-refractivity contribution >= 4 is 17.8 Å². The Morgan fingerprint density at radius 3 is 2.56 bits per heavy atom. The third-order valence-electron chi connectivity index (χ3n) is 4.13. The second kappa shape index (κ2) is 6.85. The Morgan fingerprint density at radius 1 is 1.04 bits per heavy atom. The number of carbonyl (C=O) groups excluding carboxylic acids is 1. The van der Waals surface area contributed by atoms with E-state index in [1.54, 1.807) is 26.4 Å². The van der Waals surface area contributed by atoms with Gasteiger partial charge in [0.2, 0.25) is 0 Å². The highest BCUT2D eigenvalue weighted by Gasteiger charge is 2.23. The zero-order valence-electron chi connectivity index (χ0n) is 14.8. The van der Waals surface area contributed by atoms with Crippen molar-refractivity contribution in [2.45, 2.75) is 13.8 Å². The van der Waals surface area contributed by atoms with Crippen LogP contribution in [-0.2, 0) is 9.53 Å². The lowest BCUT2D eigenvalue weighted by atomic mass is 10.0. The molecule has 0 aliphatic carbocycles. The molecule has 0 fully saturated rings. The van der Waals surface area contributed by atoms with Crippen LogP contribution in [0.25, 0.3) is 11.8 Å². The predicted octanol–water partition coefficient (Wildman–Crippen LogP) is 4.30. The van der Waals surface area contributed by atoms with Gasteiger partial charge in [0.05, 0.1) is 19.8 Å². The SMILES string of the molecule is COc1cccc(/C=C2\C=C(c3cc(C)ccc3C)OC2=O)c1OC. The van der Waals surface area contributed by atoms with E-state index in [0.717, 1.165) is 22.3 Å². The van der Waals surface area contributed by atoms with Crippen LogP contribution in [0, 0.1) is 13.8 Å². The summed E-state index contributed by atoms with van der Waals surface area (Å²) in [5.41, 5.74) is 4.33. The second-order valence-electron chi connectivity index (χ2n) is 5.90. The first-order valence-corrected chi connectivity index (χ1v) is 7.97. The molecule has 128 valence electrons. The Bertz CT molecular complexity index is 891. The van der Waals surface area contributed by atoms with Gasteiger partial charge >= 0.3 is 5.97 Å². The Hall–Kier alpha value is -3.01. The predicted molar refractivity (Wildman–Crippen MR) is 97.5 cm³/mol. The topological polar surface area (TPSA) is 44.8 Å². The third kappa shape index (κ3) is 3.29. The van der Waals surface area contributed by atoms with Gasteiger partial charge in [0.1, 0.15) is 5.76 Å². The number of esters is 1. The quantitative estimate of drug-likeness (QED) is 0.617. The molecule has 2 aromatic rings. The second-order valence-corrected chi connectivity index (χ2v) is 5.90. The molecule has 0 spiro atoms. The smallest absolute Gasteiger partial charge is 0.343 e. The third-order valence-corrected chi connectivity index (χ3v) is 4.13. The van der Waals surface area contributed by atoms with E-state index in [9.17, 15) is 4.79 Å². The molecule has 1 aliphatic rings. The number of ether oxygens (including phenoxy) is 3. The van der Waals surface area contributed by atoms with Crippen molar-refractivity contribution in [2.75, 3.05) is 14.2 Å². The molecule has 0 bridgehead atoms. The fourth-order valence-electron chi connectivity index (χ4n) is 2.82. The van der Waals surface area contributed by atoms with Gasteiger partial charge in [-0.3, -0.25) is 0 Å². The van der Waals surface area contributed by atoms with E-state index in [1.807, 2.05) is 50.2 Å². The molecule has 4 heteroatoms. The first-order chi connectivity index (χ1) is 12.0. The lowest BCUT2D eigenvalue weighted by molar-refractivity contribution is -0.130. The molecule has 0 atom stereocenters. The Morgan fingerprint density at radius 2 is 1.84 bits per heavy atom. The fraction of sp³-hybridized carbons (Fsp3) is 0.190. The molecule has 25 heavy (non-hydrogen) atoms. The molecule has 0 saturated carbocycles. The van der Waals surface area contributed by atoms with Crippen LogP contribution in [0.5, 0.6) is 11.5 Å². The van der Waals surface area contributed by atoms with Gasteiger partial charge < -0.3 is 14.2 Å². The van der Waals surface area contributed by atoms with Crippen LogP contribution >= 0.6 is 0 Å². The summed E-state index contributed by atoms with van der Waals surface area (Å²) in [5.74, 6) is 1.39. The number of hydrogen-bond donors (Lipinski definition) is 0. The average molecular weight is 336 g/mol. The summed E-state index contributed by atoms with van der Waals surface area (Å²) in [6, 6.07) is 11.6. The lowest BCUT2D eigenvalue weighted by Gasteiger charge is -2.10. The molecule has 0 saturated heterocycles. The van der Waals surface area contributed by atoms with E-state index >= 15 is 0 Å². The van der Waals surface area contributed by atoms with Crippen molar-refractivity contribution < 1.29 is 19.0 Å². The minimum absolute atomic E-state index is 0.374. The van der Waals surface area contributed by atoms with Gasteiger partial charge in [-0.05, 0) is 43.7 Å². The largest absolute Gasteiger partial charge is 0.493 e. The number of rotatable bonds is 4. The number of hydrogen-bond acceptors (Lipinski definition) is 4. The number of cyclic esters (lactones) is 1. The van der Waals surface area contributed by atoms with Gasteiger partial charge in [0.25, 0.3) is 0 Å². The van der Waals surface area contributed by atoms with Crippen molar-refractivity contribution in [3.63, 3.8) is 0 Å². The molecule has 4 nitrogen and oxygen atoms in total. The summed E-state index contributed by atoms with van der Waals surface area (Å²) < 4.78 is 16.2. The highest BCUT2D eigenvalue weighted by Crippen LogP contribution is 2.35. The van der Waals surface area contributed by atoms with Crippen molar-refractivity contribution in [2.24, 2.45) is 0 Å². The van der Waals surface area contributed by atoms with Gasteiger partial charge in [-0.15, -0.1) is 0 Å². The molecule has 2 aromatic carbocycles. The molecule has 0 radical (unpaired) electrons. The summed E-state index contributed by atoms with van der Waals surface area (Å²) in [6.45, 7) is 4.01. The number of benzene rings is 2. The van der Waals surface area contributed by atoms with Crippen LogP contribution in [-0.4, -0.2) is 20.2 Å². The van der Waals surface area contributed by atoms with Gasteiger partial charge in [0.15, 0.2) is 11.5 Å². The average Bonchev–Trinajstić information content (AvgIpc) is 2.97. The number of aryl methyl sites for hydroxylation is 2. The molecule has 0 aromatic heterocycles. The Kier molecular flexibility index (Phi) is 4.61. The summed E-state index contributed by atoms with van der Waals surface area (Å²) in [7, 11) is 3.15. The standard InChI is InChI=1S/C21H20O4/c1-13-8-9-14(2)17(10-13)19-12-16(21(22)25-19)11-15-6-5-7-18(23-3)20(15)24-4/h5-12H,1-4H3/b16-11+. The summed E-state index contributed by atoms with van der Waals surface area (Å²) in [6.07, 6.45) is 3.52. The monoisotopic (exact) mass is 336 g/mol. The van der Waals surface area contributed by atoms with E-state index in [2.05, 4.69) is 0 Å². The highest BCUT2D eigenvalue weighted by molar-refractivity contribution is 6.05. The van der Waals surface area contributed by atoms with Crippen LogP contribution in [0.2, 0.25) is 0 Å². The van der Waals surface area contributed by atoms with Crippen LogP contribution in [0.15, 0.2) is 48.0 Å². The van der Waals surface area contributed by atoms with Gasteiger partial charge in [0, 0.05) is 11.1 Å². The molecule has 3 rings (SSSR count). The number of carbonyl (C=O) groups is 1. The molecule has 1 heterocycles. The molecule has 0 N–H and O–H groups in total. The maximum absolute atomic E-state index is 12.3. The van der Waals surface area contributed by atoms with Crippen molar-refractivity contribution in [1.29, 1.82) is 0 Å². The van der Waals surface area contributed by atoms with Crippen molar-refractivity contribution in [3.8, 4) is 11.5 Å². The van der Waals surface area contributed by atoms with Gasteiger partial charge in [-0.2, -0.15) is 0 Å². The Balaban J connectivity index is 2.04. The summed E-state index contributed by atoms with van der Waals surface area (Å²) in [5, 5.41) is 0. The number of para-hydroxylation sites is 1. The first kappa shape index (κ1) is 16.8. The van der Waals surface area contributed by atoms with Crippen molar-refractivity contribution in [1.82, 2.24) is 0 Å². The minimum Gasteiger partial charge on any atom is -0.493 e. The van der Waals surface area contributed by atoms with Crippen LogP contribution < -0.4 is 9.47 Å². The zero-order valence-corrected chi connectivity index (χ0v) is 14.8. The van der Waals surface area contributed by atoms with Gasteiger partial charge in [-0.25, -0.2) is 4.79 Å². The van der Waals surface area contributed by atoms with Crippen LogP contribution in [0.4, 0.5) is 0 Å². The lowest BCUT2D eigenvalue weighted by Crippen LogP contribution is -1.99. The maximum atomic E-state index is 12.3. The van der Waals surface area contributed by atoms with Crippen LogP contribution in [0.1, 0.15) is 22.3 Å². The van der Waals surface area contributed by atoms with E-state index < -0.39 is 0 Å². The molecular weight excluding hydrogens is 316 g/mol. The number of methoxy groups -OCH3 is 2. The molecule has 0 amide bonds. The van der Waals surface area contributed by atoms with E-state index in [1.165, 1.54) is 0 Å². The van der Waals surface area contributed by atoms with E-state index in [0.29, 0.717) is 22.8 Å². The summed E-state index contributed by atoms with van der Waals surface area (Å²) >= 11 is 0.